The quantitative estimate of drug-likeness (QED) is 0.851. The van der Waals surface area contributed by atoms with Crippen molar-refractivity contribution in [2.24, 2.45) is 0 Å². The van der Waals surface area contributed by atoms with Crippen molar-refractivity contribution in [1.82, 2.24) is 9.78 Å². The van der Waals surface area contributed by atoms with Crippen LogP contribution in [0, 0.1) is 13.8 Å². The van der Waals surface area contributed by atoms with Crippen molar-refractivity contribution in [1.29, 1.82) is 0 Å². The molecule has 0 aliphatic carbocycles. The first-order valence-corrected chi connectivity index (χ1v) is 6.69. The molecule has 0 saturated carbocycles. The standard InChI is InChI=1S/C14H17ClN4O/c1-9-3-4-11(16)7-13(9)17-14(20)5-6-19-8-12(15)10(2)18-19/h3-4,7-8H,5-6,16H2,1-2H3,(H,17,20). The average Bonchev–Trinajstić information content (AvgIpc) is 2.71. The maximum absolute atomic E-state index is 11.9. The Morgan fingerprint density at radius 2 is 2.20 bits per heavy atom. The Labute approximate surface area is 122 Å². The zero-order chi connectivity index (χ0) is 14.7. The summed E-state index contributed by atoms with van der Waals surface area (Å²) in [5, 5.41) is 7.66. The number of anilines is 2. The van der Waals surface area contributed by atoms with Gasteiger partial charge in [0.1, 0.15) is 0 Å². The van der Waals surface area contributed by atoms with Gasteiger partial charge in [0.2, 0.25) is 5.91 Å². The molecule has 1 amide bonds. The van der Waals surface area contributed by atoms with E-state index in [1.165, 1.54) is 0 Å². The Hall–Kier alpha value is -2.01. The normalized spacial score (nSPS) is 10.6. The van der Waals surface area contributed by atoms with Gasteiger partial charge in [0, 0.05) is 30.5 Å². The van der Waals surface area contributed by atoms with Gasteiger partial charge in [-0.05, 0) is 31.5 Å². The zero-order valence-corrected chi connectivity index (χ0v) is 12.2. The van der Waals surface area contributed by atoms with Gasteiger partial charge >= 0.3 is 0 Å². The number of nitrogens with zero attached hydrogens (tertiary/aromatic N) is 2. The summed E-state index contributed by atoms with van der Waals surface area (Å²) in [6.45, 7) is 4.24. The molecular weight excluding hydrogens is 276 g/mol. The molecule has 0 unspecified atom stereocenters. The number of hydrogen-bond donors (Lipinski definition) is 2. The number of nitrogen functional groups attached to an aromatic ring is 1. The fraction of sp³-hybridized carbons (Fsp3) is 0.286. The van der Waals surface area contributed by atoms with Gasteiger partial charge in [-0.15, -0.1) is 0 Å². The molecule has 1 aromatic heterocycles. The fourth-order valence-electron chi connectivity index (χ4n) is 1.81. The van der Waals surface area contributed by atoms with Crippen molar-refractivity contribution in [3.8, 4) is 0 Å². The fourth-order valence-corrected chi connectivity index (χ4v) is 1.96. The van der Waals surface area contributed by atoms with Crippen molar-refractivity contribution in [2.75, 3.05) is 11.1 Å². The van der Waals surface area contributed by atoms with E-state index in [-0.39, 0.29) is 5.91 Å². The predicted octanol–water partition coefficient (Wildman–Crippen LogP) is 2.76. The van der Waals surface area contributed by atoms with Crippen LogP contribution in [0.3, 0.4) is 0 Å². The molecule has 0 spiro atoms. The van der Waals surface area contributed by atoms with Gasteiger partial charge < -0.3 is 11.1 Å². The molecule has 2 rings (SSSR count). The second-order valence-electron chi connectivity index (χ2n) is 4.70. The number of amides is 1. The SMILES string of the molecule is Cc1ccc(N)cc1NC(=O)CCn1cc(Cl)c(C)n1. The summed E-state index contributed by atoms with van der Waals surface area (Å²) in [5.41, 5.74) is 8.81. The topological polar surface area (TPSA) is 72.9 Å². The number of hydrogen-bond acceptors (Lipinski definition) is 3. The smallest absolute Gasteiger partial charge is 0.226 e. The molecular formula is C14H17ClN4O. The number of nitrogens with one attached hydrogen (secondary N) is 1. The highest BCUT2D eigenvalue weighted by Crippen LogP contribution is 2.18. The van der Waals surface area contributed by atoms with E-state index in [4.69, 9.17) is 17.3 Å². The van der Waals surface area contributed by atoms with E-state index in [2.05, 4.69) is 10.4 Å². The molecule has 0 fully saturated rings. The van der Waals surface area contributed by atoms with E-state index in [0.717, 1.165) is 16.9 Å². The summed E-state index contributed by atoms with van der Waals surface area (Å²) < 4.78 is 1.67. The molecule has 0 atom stereocenters. The van der Waals surface area contributed by atoms with Crippen LogP contribution in [-0.4, -0.2) is 15.7 Å². The van der Waals surface area contributed by atoms with E-state index in [1.54, 1.807) is 23.0 Å². The first kappa shape index (κ1) is 14.4. The molecule has 2 aromatic rings. The molecule has 3 N–H and O–H groups in total. The molecule has 5 nitrogen and oxygen atoms in total. The Balaban J connectivity index is 1.94. The van der Waals surface area contributed by atoms with Crippen molar-refractivity contribution in [3.63, 3.8) is 0 Å². The molecule has 0 aliphatic heterocycles. The minimum Gasteiger partial charge on any atom is -0.399 e. The van der Waals surface area contributed by atoms with Crippen LogP contribution in [0.5, 0.6) is 0 Å². The highest BCUT2D eigenvalue weighted by Gasteiger charge is 2.07. The second kappa shape index (κ2) is 5.96. The van der Waals surface area contributed by atoms with E-state index in [1.807, 2.05) is 19.9 Å². The molecule has 1 aromatic carbocycles. The lowest BCUT2D eigenvalue weighted by Crippen LogP contribution is -2.15. The zero-order valence-electron chi connectivity index (χ0n) is 11.5. The molecule has 20 heavy (non-hydrogen) atoms. The molecule has 106 valence electrons. The molecule has 0 saturated heterocycles. The van der Waals surface area contributed by atoms with E-state index in [9.17, 15) is 4.79 Å². The van der Waals surface area contributed by atoms with Crippen molar-refractivity contribution in [2.45, 2.75) is 26.8 Å². The third-order valence-electron chi connectivity index (χ3n) is 2.99. The molecule has 0 bridgehead atoms. The van der Waals surface area contributed by atoms with Crippen molar-refractivity contribution in [3.05, 3.63) is 40.7 Å². The van der Waals surface area contributed by atoms with Gasteiger partial charge in [-0.2, -0.15) is 5.10 Å². The maximum Gasteiger partial charge on any atom is 0.226 e. The molecule has 0 aliphatic rings. The van der Waals surface area contributed by atoms with Gasteiger partial charge in [0.05, 0.1) is 10.7 Å². The number of aryl methyl sites for hydroxylation is 3. The first-order chi connectivity index (χ1) is 9.45. The Morgan fingerprint density at radius 1 is 1.45 bits per heavy atom. The van der Waals surface area contributed by atoms with E-state index >= 15 is 0 Å². The van der Waals surface area contributed by atoms with Crippen LogP contribution in [0.25, 0.3) is 0 Å². The van der Waals surface area contributed by atoms with Crippen LogP contribution in [0.2, 0.25) is 5.02 Å². The minimum absolute atomic E-state index is 0.0806. The number of halogens is 1. The Kier molecular flexibility index (Phi) is 4.29. The number of benzene rings is 1. The Morgan fingerprint density at radius 3 is 2.85 bits per heavy atom. The van der Waals surface area contributed by atoms with Gasteiger partial charge in [0.25, 0.3) is 0 Å². The number of aromatic nitrogens is 2. The van der Waals surface area contributed by atoms with Gasteiger partial charge in [-0.3, -0.25) is 9.48 Å². The number of nitrogens with two attached hydrogens (primary N) is 1. The largest absolute Gasteiger partial charge is 0.399 e. The summed E-state index contributed by atoms with van der Waals surface area (Å²) in [7, 11) is 0. The highest BCUT2D eigenvalue weighted by atomic mass is 35.5. The highest BCUT2D eigenvalue weighted by molar-refractivity contribution is 6.31. The first-order valence-electron chi connectivity index (χ1n) is 6.31. The van der Waals surface area contributed by atoms with Gasteiger partial charge in [-0.1, -0.05) is 17.7 Å². The lowest BCUT2D eigenvalue weighted by molar-refractivity contribution is -0.116. The maximum atomic E-state index is 11.9. The van der Waals surface area contributed by atoms with Crippen molar-refractivity contribution >= 4 is 28.9 Å². The predicted molar refractivity (Wildman–Crippen MR) is 80.8 cm³/mol. The monoisotopic (exact) mass is 292 g/mol. The van der Waals surface area contributed by atoms with Crippen LogP contribution in [-0.2, 0) is 11.3 Å². The third-order valence-corrected chi connectivity index (χ3v) is 3.36. The summed E-state index contributed by atoms with van der Waals surface area (Å²) in [6.07, 6.45) is 2.04. The summed E-state index contributed by atoms with van der Waals surface area (Å²) in [5.74, 6) is -0.0806. The summed E-state index contributed by atoms with van der Waals surface area (Å²) in [4.78, 5) is 11.9. The summed E-state index contributed by atoms with van der Waals surface area (Å²) >= 11 is 5.91. The van der Waals surface area contributed by atoms with E-state index in [0.29, 0.717) is 23.7 Å². The van der Waals surface area contributed by atoms with Gasteiger partial charge in [0.15, 0.2) is 0 Å². The van der Waals surface area contributed by atoms with Gasteiger partial charge in [-0.25, -0.2) is 0 Å². The third kappa shape index (κ3) is 3.51. The second-order valence-corrected chi connectivity index (χ2v) is 5.11. The average molecular weight is 293 g/mol. The number of rotatable bonds is 4. The van der Waals surface area contributed by atoms with Crippen LogP contribution < -0.4 is 11.1 Å². The van der Waals surface area contributed by atoms with Crippen LogP contribution >= 0.6 is 11.6 Å². The molecule has 1 heterocycles. The Bertz CT molecular complexity index is 617. The van der Waals surface area contributed by atoms with E-state index < -0.39 is 0 Å². The summed E-state index contributed by atoms with van der Waals surface area (Å²) in [6, 6.07) is 5.43. The molecule has 0 radical (unpaired) electrons. The van der Waals surface area contributed by atoms with Crippen LogP contribution in [0.4, 0.5) is 11.4 Å². The van der Waals surface area contributed by atoms with Crippen LogP contribution in [0.1, 0.15) is 17.7 Å². The van der Waals surface area contributed by atoms with Crippen LogP contribution in [0.15, 0.2) is 24.4 Å². The molecule has 6 heteroatoms. The van der Waals surface area contributed by atoms with Crippen molar-refractivity contribution < 1.29 is 4.79 Å². The lowest BCUT2D eigenvalue weighted by Gasteiger charge is -2.09. The lowest BCUT2D eigenvalue weighted by atomic mass is 10.2. The number of carbonyl (C=O) groups is 1. The minimum atomic E-state index is -0.0806. The number of carbonyl (C=O) groups excluding carboxylic acids is 1.